The van der Waals surface area contributed by atoms with E-state index in [0.717, 1.165) is 37.7 Å². The largest absolute Gasteiger partial charge is 0.486 e. The van der Waals surface area contributed by atoms with Gasteiger partial charge in [-0.05, 0) is 31.0 Å². The Labute approximate surface area is 126 Å². The van der Waals surface area contributed by atoms with Crippen molar-refractivity contribution in [1.29, 1.82) is 0 Å². The van der Waals surface area contributed by atoms with Crippen LogP contribution in [-0.2, 0) is 6.54 Å². The molecule has 1 fully saturated rings. The third kappa shape index (κ3) is 3.03. The van der Waals surface area contributed by atoms with Crippen LogP contribution in [0.5, 0.6) is 11.5 Å². The maximum Gasteiger partial charge on any atom is 0.165 e. The average molecular weight is 299 g/mol. The standard InChI is InChI=1S/C15H22N2O2.ClH/c1-15(10-16)5-6-17(11-15)9-12-3-2-4-13-14(12)19-8-7-18-13;/h2-4H,5-11,16H2,1H3;1H. The minimum absolute atomic E-state index is 0. The molecule has 2 N–H and O–H groups in total. The zero-order valence-corrected chi connectivity index (χ0v) is 12.7. The van der Waals surface area contributed by atoms with Crippen LogP contribution in [0.4, 0.5) is 0 Å². The molecule has 0 bridgehead atoms. The van der Waals surface area contributed by atoms with E-state index >= 15 is 0 Å². The number of para-hydroxylation sites is 1. The lowest BCUT2D eigenvalue weighted by Crippen LogP contribution is -2.31. The first-order chi connectivity index (χ1) is 9.20. The Morgan fingerprint density at radius 2 is 2.10 bits per heavy atom. The molecule has 0 aromatic heterocycles. The number of hydrogen-bond donors (Lipinski definition) is 1. The quantitative estimate of drug-likeness (QED) is 0.928. The lowest BCUT2D eigenvalue weighted by atomic mass is 9.90. The summed E-state index contributed by atoms with van der Waals surface area (Å²) < 4.78 is 11.4. The molecule has 2 aliphatic heterocycles. The molecule has 2 aliphatic rings. The van der Waals surface area contributed by atoms with Gasteiger partial charge in [0, 0.05) is 18.7 Å². The molecule has 1 aromatic carbocycles. The van der Waals surface area contributed by atoms with E-state index in [-0.39, 0.29) is 17.8 Å². The first-order valence-electron chi connectivity index (χ1n) is 7.00. The summed E-state index contributed by atoms with van der Waals surface area (Å²) >= 11 is 0. The number of benzene rings is 1. The SMILES string of the molecule is CC1(CN)CCN(Cc2cccc3c2OCCO3)C1.Cl. The van der Waals surface area contributed by atoms with E-state index in [1.165, 1.54) is 12.0 Å². The van der Waals surface area contributed by atoms with E-state index in [9.17, 15) is 0 Å². The summed E-state index contributed by atoms with van der Waals surface area (Å²) in [5.41, 5.74) is 7.35. The molecule has 2 heterocycles. The first kappa shape index (κ1) is 15.4. The van der Waals surface area contributed by atoms with Crippen molar-refractivity contribution in [2.45, 2.75) is 19.9 Å². The highest BCUT2D eigenvalue weighted by Gasteiger charge is 2.32. The predicted octanol–water partition coefficient (Wildman–Crippen LogP) is 2.05. The van der Waals surface area contributed by atoms with Gasteiger partial charge in [0.2, 0.25) is 0 Å². The Kier molecular flexibility index (Phi) is 4.78. The van der Waals surface area contributed by atoms with Crippen LogP contribution in [0.2, 0.25) is 0 Å². The van der Waals surface area contributed by atoms with Gasteiger partial charge in [0.05, 0.1) is 0 Å². The second-order valence-corrected chi connectivity index (χ2v) is 5.92. The summed E-state index contributed by atoms with van der Waals surface area (Å²) in [5.74, 6) is 1.81. The fourth-order valence-electron chi connectivity index (χ4n) is 2.93. The highest BCUT2D eigenvalue weighted by molar-refractivity contribution is 5.85. The molecule has 0 amide bonds. The van der Waals surface area contributed by atoms with Crippen LogP contribution in [0, 0.1) is 5.41 Å². The molecule has 0 spiro atoms. The van der Waals surface area contributed by atoms with Crippen molar-refractivity contribution in [2.24, 2.45) is 11.1 Å². The van der Waals surface area contributed by atoms with Crippen molar-refractivity contribution in [3.63, 3.8) is 0 Å². The van der Waals surface area contributed by atoms with Crippen molar-refractivity contribution >= 4 is 12.4 Å². The maximum absolute atomic E-state index is 5.86. The summed E-state index contributed by atoms with van der Waals surface area (Å²) in [6.07, 6.45) is 1.18. The van der Waals surface area contributed by atoms with Gasteiger partial charge in [-0.25, -0.2) is 0 Å². The number of rotatable bonds is 3. The molecule has 112 valence electrons. The van der Waals surface area contributed by atoms with Crippen LogP contribution in [0.1, 0.15) is 18.9 Å². The number of nitrogens with zero attached hydrogens (tertiary/aromatic N) is 1. The fraction of sp³-hybridized carbons (Fsp3) is 0.600. The first-order valence-corrected chi connectivity index (χ1v) is 7.00. The van der Waals surface area contributed by atoms with Crippen molar-refractivity contribution in [1.82, 2.24) is 4.90 Å². The zero-order chi connectivity index (χ0) is 13.3. The molecule has 1 unspecified atom stereocenters. The molecule has 1 aromatic rings. The number of likely N-dealkylation sites (tertiary alicyclic amines) is 1. The Hall–Kier alpha value is -0.970. The van der Waals surface area contributed by atoms with Gasteiger partial charge in [-0.3, -0.25) is 4.90 Å². The molecular formula is C15H23ClN2O2. The Morgan fingerprint density at radius 3 is 2.85 bits per heavy atom. The topological polar surface area (TPSA) is 47.7 Å². The lowest BCUT2D eigenvalue weighted by Gasteiger charge is -2.25. The molecule has 0 saturated carbocycles. The molecule has 1 saturated heterocycles. The number of hydrogen-bond acceptors (Lipinski definition) is 4. The summed E-state index contributed by atoms with van der Waals surface area (Å²) in [4.78, 5) is 2.46. The van der Waals surface area contributed by atoms with Crippen LogP contribution < -0.4 is 15.2 Å². The fourth-order valence-corrected chi connectivity index (χ4v) is 2.93. The minimum atomic E-state index is 0. The second kappa shape index (κ2) is 6.20. The number of nitrogens with two attached hydrogens (primary N) is 1. The molecular weight excluding hydrogens is 276 g/mol. The highest BCUT2D eigenvalue weighted by atomic mass is 35.5. The molecule has 5 heteroatoms. The van der Waals surface area contributed by atoms with Gasteiger partial charge >= 0.3 is 0 Å². The second-order valence-electron chi connectivity index (χ2n) is 5.92. The third-order valence-electron chi connectivity index (χ3n) is 4.17. The Balaban J connectivity index is 0.00000147. The summed E-state index contributed by atoms with van der Waals surface area (Å²) in [7, 11) is 0. The highest BCUT2D eigenvalue weighted by Crippen LogP contribution is 2.36. The normalized spacial score (nSPS) is 25.3. The molecule has 0 radical (unpaired) electrons. The Morgan fingerprint density at radius 1 is 1.30 bits per heavy atom. The zero-order valence-electron chi connectivity index (χ0n) is 11.9. The monoisotopic (exact) mass is 298 g/mol. The van der Waals surface area contributed by atoms with Gasteiger partial charge in [-0.2, -0.15) is 0 Å². The minimum Gasteiger partial charge on any atom is -0.486 e. The molecule has 3 rings (SSSR count). The van der Waals surface area contributed by atoms with Crippen LogP contribution in [-0.4, -0.2) is 37.7 Å². The number of fused-ring (bicyclic) bond motifs is 1. The smallest absolute Gasteiger partial charge is 0.165 e. The van der Waals surface area contributed by atoms with Crippen LogP contribution >= 0.6 is 12.4 Å². The Bertz CT molecular complexity index is 469. The van der Waals surface area contributed by atoms with E-state index in [4.69, 9.17) is 15.2 Å². The molecule has 4 nitrogen and oxygen atoms in total. The van der Waals surface area contributed by atoms with E-state index in [1.54, 1.807) is 0 Å². The molecule has 1 atom stereocenters. The van der Waals surface area contributed by atoms with Crippen molar-refractivity contribution in [3.05, 3.63) is 23.8 Å². The van der Waals surface area contributed by atoms with Crippen LogP contribution in [0.3, 0.4) is 0 Å². The average Bonchev–Trinajstić information content (AvgIpc) is 2.82. The third-order valence-corrected chi connectivity index (χ3v) is 4.17. The van der Waals surface area contributed by atoms with Gasteiger partial charge in [-0.1, -0.05) is 19.1 Å². The number of halogens is 1. The van der Waals surface area contributed by atoms with Crippen LogP contribution in [0.15, 0.2) is 18.2 Å². The van der Waals surface area contributed by atoms with Gasteiger partial charge < -0.3 is 15.2 Å². The molecule has 0 aliphatic carbocycles. The van der Waals surface area contributed by atoms with Gasteiger partial charge in [0.25, 0.3) is 0 Å². The summed E-state index contributed by atoms with van der Waals surface area (Å²) in [6, 6.07) is 6.15. The number of ether oxygens (including phenoxy) is 2. The van der Waals surface area contributed by atoms with Crippen molar-refractivity contribution in [3.8, 4) is 11.5 Å². The van der Waals surface area contributed by atoms with E-state index < -0.39 is 0 Å². The van der Waals surface area contributed by atoms with Crippen molar-refractivity contribution < 1.29 is 9.47 Å². The summed E-state index contributed by atoms with van der Waals surface area (Å²) in [5, 5.41) is 0. The maximum atomic E-state index is 5.86. The van der Waals surface area contributed by atoms with E-state index in [0.29, 0.717) is 13.2 Å². The van der Waals surface area contributed by atoms with E-state index in [2.05, 4.69) is 17.9 Å². The van der Waals surface area contributed by atoms with Crippen LogP contribution in [0.25, 0.3) is 0 Å². The summed E-state index contributed by atoms with van der Waals surface area (Å²) in [6.45, 7) is 7.41. The van der Waals surface area contributed by atoms with Gasteiger partial charge in [-0.15, -0.1) is 12.4 Å². The molecule has 20 heavy (non-hydrogen) atoms. The van der Waals surface area contributed by atoms with E-state index in [1.807, 2.05) is 12.1 Å². The van der Waals surface area contributed by atoms with Gasteiger partial charge in [0.1, 0.15) is 13.2 Å². The lowest BCUT2D eigenvalue weighted by molar-refractivity contribution is 0.167. The van der Waals surface area contributed by atoms with Crippen molar-refractivity contribution in [2.75, 3.05) is 32.8 Å². The van der Waals surface area contributed by atoms with Gasteiger partial charge in [0.15, 0.2) is 11.5 Å². The predicted molar refractivity (Wildman–Crippen MR) is 81.7 cm³/mol.